The van der Waals surface area contributed by atoms with Gasteiger partial charge in [-0.2, -0.15) is 0 Å². The Hall–Kier alpha value is -1.55. The largest absolute Gasteiger partial charge is 0.507 e. The molecule has 22 heavy (non-hydrogen) atoms. The molecule has 122 valence electrons. The van der Waals surface area contributed by atoms with Gasteiger partial charge in [0.05, 0.1) is 23.9 Å². The van der Waals surface area contributed by atoms with Crippen molar-refractivity contribution in [2.75, 3.05) is 6.54 Å². The molecule has 0 saturated carbocycles. The molecule has 1 aliphatic rings. The van der Waals surface area contributed by atoms with Crippen LogP contribution in [0.4, 0.5) is 0 Å². The lowest BCUT2D eigenvalue weighted by Crippen LogP contribution is -2.36. The molecule has 0 aromatic heterocycles. The van der Waals surface area contributed by atoms with Gasteiger partial charge in [0.15, 0.2) is 0 Å². The van der Waals surface area contributed by atoms with E-state index in [0.29, 0.717) is 24.3 Å². The van der Waals surface area contributed by atoms with Gasteiger partial charge in [0.25, 0.3) is 0 Å². The Labute approximate surface area is 132 Å². The van der Waals surface area contributed by atoms with Crippen molar-refractivity contribution in [2.24, 2.45) is 4.99 Å². The molecule has 1 aromatic rings. The molecule has 0 saturated heterocycles. The van der Waals surface area contributed by atoms with Crippen molar-refractivity contribution in [3.63, 3.8) is 0 Å². The number of nitrogens with zero attached hydrogens (tertiary/aromatic N) is 1. The highest BCUT2D eigenvalue weighted by Crippen LogP contribution is 2.39. The van der Waals surface area contributed by atoms with E-state index in [0.717, 1.165) is 30.5 Å². The first kappa shape index (κ1) is 16.8. The first-order valence-electron chi connectivity index (χ1n) is 8.09. The van der Waals surface area contributed by atoms with E-state index < -0.39 is 6.10 Å². The molecule has 0 amide bonds. The minimum atomic E-state index is -0.493. The number of rotatable bonds is 5. The Kier molecular flexibility index (Phi) is 5.12. The Morgan fingerprint density at radius 1 is 1.36 bits per heavy atom. The number of aryl methyl sites for hydroxylation is 1. The maximum Gasteiger partial charge on any atom is 0.133 e. The van der Waals surface area contributed by atoms with Gasteiger partial charge in [0.1, 0.15) is 17.1 Å². The van der Waals surface area contributed by atoms with Crippen LogP contribution in [0.1, 0.15) is 58.1 Å². The molecule has 1 aliphatic heterocycles. The fraction of sp³-hybridized carbons (Fsp3) is 0.611. The highest BCUT2D eigenvalue weighted by Gasteiger charge is 2.33. The fourth-order valence-electron chi connectivity index (χ4n) is 2.75. The van der Waals surface area contributed by atoms with Gasteiger partial charge in [-0.25, -0.2) is 0 Å². The number of aliphatic imine (C=N–C) groups is 1. The van der Waals surface area contributed by atoms with Crippen LogP contribution in [-0.2, 0) is 6.42 Å². The van der Waals surface area contributed by atoms with E-state index in [-0.39, 0.29) is 11.4 Å². The highest BCUT2D eigenvalue weighted by atomic mass is 16.5. The van der Waals surface area contributed by atoms with Gasteiger partial charge in [0.2, 0.25) is 0 Å². The van der Waals surface area contributed by atoms with Crippen molar-refractivity contribution in [1.29, 1.82) is 0 Å². The number of aromatic hydroxyl groups is 1. The van der Waals surface area contributed by atoms with Crippen LogP contribution >= 0.6 is 0 Å². The van der Waals surface area contributed by atoms with Gasteiger partial charge in [-0.3, -0.25) is 4.99 Å². The summed E-state index contributed by atoms with van der Waals surface area (Å²) in [6.45, 7) is 8.23. The molecule has 1 heterocycles. The van der Waals surface area contributed by atoms with E-state index in [1.54, 1.807) is 6.92 Å². The molecule has 0 aliphatic carbocycles. The van der Waals surface area contributed by atoms with Gasteiger partial charge >= 0.3 is 0 Å². The fourth-order valence-corrected chi connectivity index (χ4v) is 2.75. The molecular weight excluding hydrogens is 278 g/mol. The first-order valence-corrected chi connectivity index (χ1v) is 8.09. The summed E-state index contributed by atoms with van der Waals surface area (Å²) in [5.74, 6) is 0.926. The molecular formula is C18H27NO3. The highest BCUT2D eigenvalue weighted by molar-refractivity contribution is 6.06. The maximum absolute atomic E-state index is 10.4. The van der Waals surface area contributed by atoms with Gasteiger partial charge in [-0.1, -0.05) is 13.3 Å². The number of hydrogen-bond acceptors (Lipinski definition) is 4. The van der Waals surface area contributed by atoms with Crippen molar-refractivity contribution in [2.45, 2.75) is 65.1 Å². The van der Waals surface area contributed by atoms with Gasteiger partial charge in [0, 0.05) is 6.42 Å². The third kappa shape index (κ3) is 4.01. The lowest BCUT2D eigenvalue weighted by molar-refractivity contribution is 0.110. The summed E-state index contributed by atoms with van der Waals surface area (Å²) in [5.41, 5.74) is 2.22. The lowest BCUT2D eigenvalue weighted by atomic mass is 9.90. The van der Waals surface area contributed by atoms with E-state index in [4.69, 9.17) is 4.74 Å². The Morgan fingerprint density at radius 2 is 2.09 bits per heavy atom. The average Bonchev–Trinajstić information content (AvgIpc) is 2.40. The number of phenolic OH excluding ortho intramolecular Hbond substituents is 1. The number of unbranched alkanes of at least 4 members (excludes halogenated alkanes) is 1. The van der Waals surface area contributed by atoms with Crippen molar-refractivity contribution in [3.05, 3.63) is 23.3 Å². The number of aliphatic hydroxyl groups is 1. The summed E-state index contributed by atoms with van der Waals surface area (Å²) in [5, 5.41) is 19.9. The SMILES string of the molecule is CCCCc1cc(O)c2c(c1)OC(C)(C)CC2=NCC(C)O. The Morgan fingerprint density at radius 3 is 2.73 bits per heavy atom. The zero-order valence-electron chi connectivity index (χ0n) is 14.0. The van der Waals surface area contributed by atoms with Gasteiger partial charge < -0.3 is 14.9 Å². The molecule has 0 bridgehead atoms. The molecule has 1 aromatic carbocycles. The molecule has 1 atom stereocenters. The Bertz CT molecular complexity index is 562. The second-order valence-electron chi connectivity index (χ2n) is 6.77. The van der Waals surface area contributed by atoms with E-state index in [2.05, 4.69) is 11.9 Å². The third-order valence-corrected chi connectivity index (χ3v) is 3.77. The van der Waals surface area contributed by atoms with Gasteiger partial charge in [-0.15, -0.1) is 0 Å². The van der Waals surface area contributed by atoms with Crippen LogP contribution in [0.3, 0.4) is 0 Å². The number of benzene rings is 1. The van der Waals surface area contributed by atoms with E-state index >= 15 is 0 Å². The summed E-state index contributed by atoms with van der Waals surface area (Å²) in [6.07, 6.45) is 3.26. The summed E-state index contributed by atoms with van der Waals surface area (Å²) in [6, 6.07) is 3.83. The number of aliphatic hydroxyl groups excluding tert-OH is 1. The van der Waals surface area contributed by atoms with E-state index in [1.807, 2.05) is 26.0 Å². The van der Waals surface area contributed by atoms with E-state index in [9.17, 15) is 10.2 Å². The lowest BCUT2D eigenvalue weighted by Gasteiger charge is -2.34. The number of phenols is 1. The number of ether oxygens (including phenoxy) is 1. The average molecular weight is 305 g/mol. The third-order valence-electron chi connectivity index (χ3n) is 3.77. The minimum absolute atomic E-state index is 0.225. The predicted octanol–water partition coefficient (Wildman–Crippen LogP) is 3.47. The monoisotopic (exact) mass is 305 g/mol. The van der Waals surface area contributed by atoms with Crippen LogP contribution in [0.15, 0.2) is 17.1 Å². The minimum Gasteiger partial charge on any atom is -0.507 e. The first-order chi connectivity index (χ1) is 10.3. The topological polar surface area (TPSA) is 62.0 Å². The molecule has 0 fully saturated rings. The number of hydrogen-bond donors (Lipinski definition) is 2. The second kappa shape index (κ2) is 6.69. The molecule has 0 radical (unpaired) electrons. The zero-order valence-corrected chi connectivity index (χ0v) is 14.0. The summed E-state index contributed by atoms with van der Waals surface area (Å²) in [4.78, 5) is 4.50. The summed E-state index contributed by atoms with van der Waals surface area (Å²) in [7, 11) is 0. The summed E-state index contributed by atoms with van der Waals surface area (Å²) >= 11 is 0. The van der Waals surface area contributed by atoms with Crippen molar-refractivity contribution in [1.82, 2.24) is 0 Å². The zero-order chi connectivity index (χ0) is 16.3. The molecule has 2 N–H and O–H groups in total. The maximum atomic E-state index is 10.4. The quantitative estimate of drug-likeness (QED) is 0.875. The van der Waals surface area contributed by atoms with Crippen LogP contribution in [0.5, 0.6) is 11.5 Å². The second-order valence-corrected chi connectivity index (χ2v) is 6.77. The normalized spacial score (nSPS) is 19.6. The van der Waals surface area contributed by atoms with Crippen molar-refractivity contribution >= 4 is 5.71 Å². The molecule has 0 spiro atoms. The van der Waals surface area contributed by atoms with Crippen LogP contribution in [0, 0.1) is 0 Å². The number of fused-ring (bicyclic) bond motifs is 1. The van der Waals surface area contributed by atoms with Crippen LogP contribution < -0.4 is 4.74 Å². The Balaban J connectivity index is 2.42. The molecule has 2 rings (SSSR count). The molecule has 1 unspecified atom stereocenters. The van der Waals surface area contributed by atoms with Crippen molar-refractivity contribution < 1.29 is 14.9 Å². The summed E-state index contributed by atoms with van der Waals surface area (Å²) < 4.78 is 6.05. The van der Waals surface area contributed by atoms with Gasteiger partial charge in [-0.05, 0) is 51.3 Å². The smallest absolute Gasteiger partial charge is 0.133 e. The van der Waals surface area contributed by atoms with Crippen molar-refractivity contribution in [3.8, 4) is 11.5 Å². The van der Waals surface area contributed by atoms with E-state index in [1.165, 1.54) is 0 Å². The molecule has 4 nitrogen and oxygen atoms in total. The predicted molar refractivity (Wildman–Crippen MR) is 89.1 cm³/mol. The molecule has 4 heteroatoms. The van der Waals surface area contributed by atoms with Crippen LogP contribution in [-0.4, -0.2) is 34.2 Å². The van der Waals surface area contributed by atoms with Crippen LogP contribution in [0.2, 0.25) is 0 Å². The standard InChI is InChI=1S/C18H27NO3/c1-5-6-7-13-8-15(21)17-14(19-11-12(2)20)10-18(3,4)22-16(17)9-13/h8-9,12,20-21H,5-7,10-11H2,1-4H3. The van der Waals surface area contributed by atoms with Crippen LogP contribution in [0.25, 0.3) is 0 Å².